The lowest BCUT2D eigenvalue weighted by Gasteiger charge is -2.24. The van der Waals surface area contributed by atoms with E-state index in [0.717, 1.165) is 31.2 Å². The molecular formula is C24H27FN4O4S. The molecule has 0 spiro atoms. The first-order chi connectivity index (χ1) is 16.5. The molecule has 1 unspecified atom stereocenters. The molecule has 0 bridgehead atoms. The number of benzene rings is 1. The van der Waals surface area contributed by atoms with E-state index in [0.29, 0.717) is 34.9 Å². The van der Waals surface area contributed by atoms with E-state index < -0.39 is 12.0 Å². The number of aromatic amines is 1. The van der Waals surface area contributed by atoms with Crippen LogP contribution in [0.1, 0.15) is 48.9 Å². The van der Waals surface area contributed by atoms with Crippen LogP contribution in [0.2, 0.25) is 0 Å². The second kappa shape index (κ2) is 11.1. The van der Waals surface area contributed by atoms with Crippen LogP contribution in [0.25, 0.3) is 10.2 Å². The summed E-state index contributed by atoms with van der Waals surface area (Å²) in [5.74, 6) is 0.367. The molecule has 0 radical (unpaired) electrons. The molecule has 1 aromatic carbocycles. The van der Waals surface area contributed by atoms with E-state index in [1.54, 1.807) is 6.07 Å². The fourth-order valence-corrected chi connectivity index (χ4v) is 5.11. The predicted molar refractivity (Wildman–Crippen MR) is 126 cm³/mol. The van der Waals surface area contributed by atoms with Crippen LogP contribution in [0.15, 0.2) is 28.4 Å². The van der Waals surface area contributed by atoms with E-state index in [2.05, 4.69) is 21.4 Å². The lowest BCUT2D eigenvalue weighted by Crippen LogP contribution is -2.25. The highest BCUT2D eigenvalue weighted by Gasteiger charge is 2.21. The minimum absolute atomic E-state index is 0.107. The average Bonchev–Trinajstić information content (AvgIpc) is 3.27. The number of fused-ring (bicyclic) bond motifs is 1. The van der Waals surface area contributed by atoms with Gasteiger partial charge in [-0.3, -0.25) is 10.1 Å². The van der Waals surface area contributed by atoms with Crippen LogP contribution in [0, 0.1) is 29.0 Å². The van der Waals surface area contributed by atoms with Gasteiger partial charge in [0, 0.05) is 24.6 Å². The molecule has 1 fully saturated rings. The van der Waals surface area contributed by atoms with Crippen LogP contribution in [-0.4, -0.2) is 28.8 Å². The van der Waals surface area contributed by atoms with Crippen molar-refractivity contribution in [1.82, 2.24) is 15.3 Å². The number of aliphatic hydroxyl groups excluding tert-OH is 1. The molecule has 1 saturated carbocycles. The molecule has 0 aliphatic heterocycles. The maximum absolute atomic E-state index is 13.6. The summed E-state index contributed by atoms with van der Waals surface area (Å²) in [5.41, 5.74) is 1.14. The number of aromatic nitrogens is 2. The number of hydrogen-bond donors (Lipinski definition) is 3. The Kier molecular flexibility index (Phi) is 7.90. The zero-order valence-corrected chi connectivity index (χ0v) is 19.7. The SMILES string of the molecule is COc1cc(CNC(O)c2nc3scc(COCC4CCC(C#N)CC4)c3c(=O)[nH]2)ccc1F. The van der Waals surface area contributed by atoms with Crippen LogP contribution in [0.3, 0.4) is 0 Å². The second-order valence-electron chi connectivity index (χ2n) is 8.51. The molecular weight excluding hydrogens is 459 g/mol. The average molecular weight is 487 g/mol. The third-order valence-corrected chi connectivity index (χ3v) is 7.07. The van der Waals surface area contributed by atoms with Gasteiger partial charge < -0.3 is 19.6 Å². The monoisotopic (exact) mass is 486 g/mol. The molecule has 0 saturated heterocycles. The molecule has 34 heavy (non-hydrogen) atoms. The number of aliphatic hydroxyl groups is 1. The Balaban J connectivity index is 1.36. The number of nitrogens with zero attached hydrogens (tertiary/aromatic N) is 2. The molecule has 3 N–H and O–H groups in total. The van der Waals surface area contributed by atoms with E-state index in [-0.39, 0.29) is 29.6 Å². The summed E-state index contributed by atoms with van der Waals surface area (Å²) in [4.78, 5) is 20.3. The summed E-state index contributed by atoms with van der Waals surface area (Å²) in [6.07, 6.45) is 2.61. The summed E-state index contributed by atoms with van der Waals surface area (Å²) < 4.78 is 24.4. The maximum Gasteiger partial charge on any atom is 0.260 e. The van der Waals surface area contributed by atoms with Crippen molar-refractivity contribution in [3.8, 4) is 11.8 Å². The lowest BCUT2D eigenvalue weighted by atomic mass is 9.83. The molecule has 4 rings (SSSR count). The summed E-state index contributed by atoms with van der Waals surface area (Å²) in [7, 11) is 1.38. The van der Waals surface area contributed by atoms with Gasteiger partial charge in [0.15, 0.2) is 23.6 Å². The summed E-state index contributed by atoms with van der Waals surface area (Å²) >= 11 is 1.33. The van der Waals surface area contributed by atoms with Crippen LogP contribution < -0.4 is 15.6 Å². The molecule has 180 valence electrons. The normalized spacial score (nSPS) is 19.1. The van der Waals surface area contributed by atoms with Crippen molar-refractivity contribution in [3.05, 3.63) is 56.7 Å². The lowest BCUT2D eigenvalue weighted by molar-refractivity contribution is 0.0711. The largest absolute Gasteiger partial charge is 0.494 e. The smallest absolute Gasteiger partial charge is 0.260 e. The topological polar surface area (TPSA) is 120 Å². The molecule has 3 aromatic rings. The second-order valence-corrected chi connectivity index (χ2v) is 9.36. The van der Waals surface area contributed by atoms with E-state index in [9.17, 15) is 14.3 Å². The summed E-state index contributed by atoms with van der Waals surface area (Å²) in [6.45, 7) is 1.14. The zero-order chi connectivity index (χ0) is 24.1. The Labute approximate surface area is 200 Å². The van der Waals surface area contributed by atoms with Crippen LogP contribution in [0.5, 0.6) is 5.75 Å². The number of rotatable bonds is 9. The van der Waals surface area contributed by atoms with Crippen molar-refractivity contribution in [2.75, 3.05) is 13.7 Å². The number of H-pyrrole nitrogens is 1. The van der Waals surface area contributed by atoms with Crippen LogP contribution in [0.4, 0.5) is 4.39 Å². The molecule has 1 aliphatic rings. The maximum atomic E-state index is 13.6. The van der Waals surface area contributed by atoms with Gasteiger partial charge in [0.2, 0.25) is 0 Å². The number of halogens is 1. The molecule has 2 heterocycles. The van der Waals surface area contributed by atoms with Crippen molar-refractivity contribution in [2.24, 2.45) is 11.8 Å². The molecule has 2 aromatic heterocycles. The Morgan fingerprint density at radius 3 is 2.91 bits per heavy atom. The zero-order valence-electron chi connectivity index (χ0n) is 18.8. The number of ether oxygens (including phenoxy) is 2. The van der Waals surface area contributed by atoms with E-state index in [1.165, 1.54) is 30.6 Å². The Hall–Kier alpha value is -2.84. The highest BCUT2D eigenvalue weighted by molar-refractivity contribution is 7.16. The highest BCUT2D eigenvalue weighted by Crippen LogP contribution is 2.29. The molecule has 0 amide bonds. The highest BCUT2D eigenvalue weighted by atomic mass is 32.1. The predicted octanol–water partition coefficient (Wildman–Crippen LogP) is 3.76. The van der Waals surface area contributed by atoms with Crippen molar-refractivity contribution in [3.63, 3.8) is 0 Å². The standard InChI is InChI=1S/C24H27FN4O4S/c1-32-19-8-16(6-7-18(19)25)10-27-23(31)21-28-22(30)20-17(13-34-24(20)29-21)12-33-11-15-4-2-14(9-26)3-5-15/h6-8,13-15,23,27,31H,2-5,10-12H2,1H3,(H,28,29,30). The number of nitrogens with one attached hydrogen (secondary N) is 2. The van der Waals surface area contributed by atoms with Crippen LogP contribution in [-0.2, 0) is 17.9 Å². The van der Waals surface area contributed by atoms with Crippen molar-refractivity contribution in [1.29, 1.82) is 5.26 Å². The first kappa shape index (κ1) is 24.3. The van der Waals surface area contributed by atoms with Gasteiger partial charge in [-0.15, -0.1) is 11.3 Å². The van der Waals surface area contributed by atoms with Gasteiger partial charge >= 0.3 is 0 Å². The molecule has 1 aliphatic carbocycles. The Morgan fingerprint density at radius 2 is 2.18 bits per heavy atom. The van der Waals surface area contributed by atoms with Gasteiger partial charge in [-0.1, -0.05) is 6.07 Å². The van der Waals surface area contributed by atoms with E-state index >= 15 is 0 Å². The van der Waals surface area contributed by atoms with Crippen LogP contribution >= 0.6 is 11.3 Å². The third kappa shape index (κ3) is 5.62. The van der Waals surface area contributed by atoms with Crippen molar-refractivity contribution >= 4 is 21.6 Å². The third-order valence-electron chi connectivity index (χ3n) is 6.15. The summed E-state index contributed by atoms with van der Waals surface area (Å²) in [5, 5.41) is 24.7. The molecule has 1 atom stereocenters. The Morgan fingerprint density at radius 1 is 1.38 bits per heavy atom. The molecule has 10 heteroatoms. The van der Waals surface area contributed by atoms with Gasteiger partial charge in [0.05, 0.1) is 25.2 Å². The fraction of sp³-hybridized carbons (Fsp3) is 0.458. The van der Waals surface area contributed by atoms with Gasteiger partial charge in [-0.05, 0) is 54.7 Å². The van der Waals surface area contributed by atoms with Crippen molar-refractivity contribution in [2.45, 2.75) is 45.1 Å². The van der Waals surface area contributed by atoms with E-state index in [1.807, 2.05) is 5.38 Å². The molecule has 8 nitrogen and oxygen atoms in total. The summed E-state index contributed by atoms with van der Waals surface area (Å²) in [6, 6.07) is 6.75. The minimum atomic E-state index is -1.21. The number of thiophene rings is 1. The number of nitriles is 1. The quantitative estimate of drug-likeness (QED) is 0.394. The fourth-order valence-electron chi connectivity index (χ4n) is 4.18. The Bertz CT molecular complexity index is 1230. The van der Waals surface area contributed by atoms with Gasteiger partial charge in [-0.25, -0.2) is 9.37 Å². The van der Waals surface area contributed by atoms with E-state index in [4.69, 9.17) is 14.7 Å². The van der Waals surface area contributed by atoms with Gasteiger partial charge in [0.1, 0.15) is 4.83 Å². The number of methoxy groups -OCH3 is 1. The van der Waals surface area contributed by atoms with Crippen molar-refractivity contribution < 1.29 is 19.0 Å². The van der Waals surface area contributed by atoms with Gasteiger partial charge in [0.25, 0.3) is 5.56 Å². The first-order valence-electron chi connectivity index (χ1n) is 11.2. The minimum Gasteiger partial charge on any atom is -0.494 e. The first-order valence-corrected chi connectivity index (χ1v) is 12.1. The number of hydrogen-bond acceptors (Lipinski definition) is 8. The van der Waals surface area contributed by atoms with Gasteiger partial charge in [-0.2, -0.15) is 5.26 Å².